The minimum Gasteiger partial charge on any atom is -0.497 e. The first-order valence-corrected chi connectivity index (χ1v) is 7.10. The summed E-state index contributed by atoms with van der Waals surface area (Å²) in [5.74, 6) is 0.987. The third-order valence-corrected chi connectivity index (χ3v) is 3.65. The lowest BCUT2D eigenvalue weighted by Gasteiger charge is -2.12. The molecule has 0 spiro atoms. The monoisotopic (exact) mass is 274 g/mol. The van der Waals surface area contributed by atoms with Crippen molar-refractivity contribution < 1.29 is 17.9 Å². The zero-order chi connectivity index (χ0) is 13.6. The van der Waals surface area contributed by atoms with Gasteiger partial charge in [-0.15, -0.1) is 0 Å². The summed E-state index contributed by atoms with van der Waals surface area (Å²) in [7, 11) is -0.407. The average Bonchev–Trinajstić information content (AvgIpc) is 2.36. The second kappa shape index (κ2) is 6.46. The highest BCUT2D eigenvalue weighted by Crippen LogP contribution is 2.29. The van der Waals surface area contributed by atoms with Crippen LogP contribution < -0.4 is 19.9 Å². The molecule has 1 aromatic rings. The maximum absolute atomic E-state index is 11.7. The molecule has 0 aromatic heterocycles. The number of hydrogen-bond donors (Lipinski definition) is 2. The normalized spacial score (nSPS) is 11.1. The number of methoxy groups -OCH3 is 2. The topological polar surface area (TPSA) is 90.7 Å². The van der Waals surface area contributed by atoms with Crippen molar-refractivity contribution in [3.8, 4) is 11.5 Å². The Morgan fingerprint density at radius 3 is 2.56 bits per heavy atom. The van der Waals surface area contributed by atoms with Crippen LogP contribution in [0.15, 0.2) is 18.2 Å². The van der Waals surface area contributed by atoms with E-state index in [9.17, 15) is 8.42 Å². The van der Waals surface area contributed by atoms with Crippen molar-refractivity contribution in [2.45, 2.75) is 6.42 Å². The smallest absolute Gasteiger partial charge is 0.232 e. The van der Waals surface area contributed by atoms with E-state index in [1.165, 1.54) is 14.2 Å². The van der Waals surface area contributed by atoms with Gasteiger partial charge in [-0.05, 0) is 25.1 Å². The molecule has 0 aliphatic carbocycles. The molecule has 0 unspecified atom stereocenters. The second-order valence-corrected chi connectivity index (χ2v) is 5.47. The van der Waals surface area contributed by atoms with Gasteiger partial charge in [0.1, 0.15) is 11.5 Å². The predicted molar refractivity (Wildman–Crippen MR) is 70.6 cm³/mol. The minimum absolute atomic E-state index is 0.0152. The molecule has 0 fully saturated rings. The van der Waals surface area contributed by atoms with E-state index < -0.39 is 10.0 Å². The molecule has 0 atom stereocenters. The minimum atomic E-state index is -3.40. The molecule has 0 aliphatic heterocycles. The van der Waals surface area contributed by atoms with Crippen LogP contribution in [0.3, 0.4) is 0 Å². The Kier molecular flexibility index (Phi) is 5.24. The summed E-state index contributed by atoms with van der Waals surface area (Å²) >= 11 is 0. The number of sulfonamides is 1. The Morgan fingerprint density at radius 2 is 2.00 bits per heavy atom. The number of nitrogens with two attached hydrogens (primary N) is 1. The van der Waals surface area contributed by atoms with Crippen LogP contribution in [0.4, 0.5) is 5.69 Å². The third kappa shape index (κ3) is 4.08. The molecule has 0 heterocycles. The van der Waals surface area contributed by atoms with Gasteiger partial charge in [0.2, 0.25) is 10.0 Å². The standard InChI is InChI=1S/C11H18N2O4S/c1-16-9-4-5-10(11(8-9)17-2)13-18(14,15)7-3-6-12/h4-5,8,13H,3,6-7,12H2,1-2H3. The van der Waals surface area contributed by atoms with Gasteiger partial charge in [0, 0.05) is 6.07 Å². The highest BCUT2D eigenvalue weighted by atomic mass is 32.2. The summed E-state index contributed by atoms with van der Waals surface area (Å²) in [5.41, 5.74) is 5.67. The van der Waals surface area contributed by atoms with Gasteiger partial charge in [0.25, 0.3) is 0 Å². The van der Waals surface area contributed by atoms with Crippen LogP contribution >= 0.6 is 0 Å². The van der Waals surface area contributed by atoms with Crippen molar-refractivity contribution in [2.75, 3.05) is 31.2 Å². The largest absolute Gasteiger partial charge is 0.497 e. The fourth-order valence-corrected chi connectivity index (χ4v) is 2.53. The van der Waals surface area contributed by atoms with Gasteiger partial charge in [0.05, 0.1) is 25.7 Å². The zero-order valence-corrected chi connectivity index (χ0v) is 11.3. The first-order valence-electron chi connectivity index (χ1n) is 5.45. The molecule has 6 nitrogen and oxygen atoms in total. The highest BCUT2D eigenvalue weighted by molar-refractivity contribution is 7.92. The fourth-order valence-electron chi connectivity index (χ4n) is 1.37. The number of nitrogens with one attached hydrogen (secondary N) is 1. The van der Waals surface area contributed by atoms with Crippen molar-refractivity contribution in [1.29, 1.82) is 0 Å². The molecule has 0 saturated carbocycles. The Labute approximate surface area is 107 Å². The molecule has 18 heavy (non-hydrogen) atoms. The van der Waals surface area contributed by atoms with Crippen molar-refractivity contribution in [3.05, 3.63) is 18.2 Å². The lowest BCUT2D eigenvalue weighted by Crippen LogP contribution is -2.19. The maximum Gasteiger partial charge on any atom is 0.232 e. The van der Waals surface area contributed by atoms with Crippen LogP contribution in [0.5, 0.6) is 11.5 Å². The Morgan fingerprint density at radius 1 is 1.28 bits per heavy atom. The highest BCUT2D eigenvalue weighted by Gasteiger charge is 2.13. The molecule has 102 valence electrons. The molecule has 0 saturated heterocycles. The lowest BCUT2D eigenvalue weighted by molar-refractivity contribution is 0.395. The van der Waals surface area contributed by atoms with Gasteiger partial charge in [0.15, 0.2) is 0 Å². The van der Waals surface area contributed by atoms with E-state index in [0.717, 1.165) is 0 Å². The van der Waals surface area contributed by atoms with E-state index >= 15 is 0 Å². The summed E-state index contributed by atoms with van der Waals surface area (Å²) in [4.78, 5) is 0. The van der Waals surface area contributed by atoms with Crippen LogP contribution in [-0.4, -0.2) is 34.9 Å². The van der Waals surface area contributed by atoms with E-state index in [1.807, 2.05) is 0 Å². The summed E-state index contributed by atoms with van der Waals surface area (Å²) in [6, 6.07) is 4.86. The second-order valence-electron chi connectivity index (χ2n) is 3.63. The fraction of sp³-hybridized carbons (Fsp3) is 0.455. The van der Waals surface area contributed by atoms with E-state index in [1.54, 1.807) is 18.2 Å². The predicted octanol–water partition coefficient (Wildman–Crippen LogP) is 0.794. The first kappa shape index (κ1) is 14.6. The summed E-state index contributed by atoms with van der Waals surface area (Å²) in [6.07, 6.45) is 0.411. The quantitative estimate of drug-likeness (QED) is 0.767. The molecule has 1 rings (SSSR count). The van der Waals surface area contributed by atoms with Crippen molar-refractivity contribution in [2.24, 2.45) is 5.73 Å². The van der Waals surface area contributed by atoms with E-state index in [0.29, 0.717) is 30.2 Å². The van der Waals surface area contributed by atoms with Gasteiger partial charge < -0.3 is 15.2 Å². The number of rotatable bonds is 7. The van der Waals surface area contributed by atoms with Gasteiger partial charge in [-0.25, -0.2) is 8.42 Å². The molecule has 0 radical (unpaired) electrons. The van der Waals surface area contributed by atoms with Crippen LogP contribution in [0.1, 0.15) is 6.42 Å². The molecule has 0 amide bonds. The maximum atomic E-state index is 11.7. The van der Waals surface area contributed by atoms with Crippen molar-refractivity contribution in [3.63, 3.8) is 0 Å². The Bertz CT molecular complexity index is 488. The Balaban J connectivity index is 2.90. The van der Waals surface area contributed by atoms with Gasteiger partial charge >= 0.3 is 0 Å². The SMILES string of the molecule is COc1ccc(NS(=O)(=O)CCCN)c(OC)c1. The lowest BCUT2D eigenvalue weighted by atomic mass is 10.3. The number of benzene rings is 1. The van der Waals surface area contributed by atoms with Gasteiger partial charge in [-0.1, -0.05) is 0 Å². The van der Waals surface area contributed by atoms with Crippen LogP contribution in [-0.2, 0) is 10.0 Å². The van der Waals surface area contributed by atoms with E-state index in [-0.39, 0.29) is 5.75 Å². The van der Waals surface area contributed by atoms with Crippen LogP contribution in [0, 0.1) is 0 Å². The molecule has 3 N–H and O–H groups in total. The summed E-state index contributed by atoms with van der Waals surface area (Å²) in [5, 5.41) is 0. The van der Waals surface area contributed by atoms with Crippen molar-refractivity contribution >= 4 is 15.7 Å². The number of anilines is 1. The van der Waals surface area contributed by atoms with E-state index in [2.05, 4.69) is 4.72 Å². The third-order valence-electron chi connectivity index (χ3n) is 2.29. The molecule has 0 aliphatic rings. The average molecular weight is 274 g/mol. The molecular weight excluding hydrogens is 256 g/mol. The summed E-state index contributed by atoms with van der Waals surface area (Å²) < 4.78 is 36.1. The number of hydrogen-bond acceptors (Lipinski definition) is 5. The van der Waals surface area contributed by atoms with Crippen LogP contribution in [0.2, 0.25) is 0 Å². The molecule has 1 aromatic carbocycles. The first-order chi connectivity index (χ1) is 8.52. The molecular formula is C11H18N2O4S. The Hall–Kier alpha value is -1.47. The van der Waals surface area contributed by atoms with E-state index in [4.69, 9.17) is 15.2 Å². The molecule has 7 heteroatoms. The van der Waals surface area contributed by atoms with Crippen molar-refractivity contribution in [1.82, 2.24) is 0 Å². The van der Waals surface area contributed by atoms with Crippen LogP contribution in [0.25, 0.3) is 0 Å². The summed E-state index contributed by atoms with van der Waals surface area (Å²) in [6.45, 7) is 0.334. The zero-order valence-electron chi connectivity index (χ0n) is 10.5. The molecule has 0 bridgehead atoms. The number of ether oxygens (including phenoxy) is 2. The van der Waals surface area contributed by atoms with Gasteiger partial charge in [-0.2, -0.15) is 0 Å². The van der Waals surface area contributed by atoms with Gasteiger partial charge in [-0.3, -0.25) is 4.72 Å².